The summed E-state index contributed by atoms with van der Waals surface area (Å²) in [5.74, 6) is 1.54. The van der Waals surface area contributed by atoms with E-state index in [2.05, 4.69) is 12.2 Å². The van der Waals surface area contributed by atoms with Crippen molar-refractivity contribution in [2.45, 2.75) is 51.5 Å². The van der Waals surface area contributed by atoms with E-state index in [1.54, 1.807) is 18.2 Å². The molecule has 0 heterocycles. The number of nitrogens with one attached hydrogen (secondary N) is 1. The molecule has 4 fully saturated rings. The zero-order valence-electron chi connectivity index (χ0n) is 15.5. The maximum atomic E-state index is 12.4. The van der Waals surface area contributed by atoms with E-state index in [1.165, 1.54) is 38.5 Å². The summed E-state index contributed by atoms with van der Waals surface area (Å²) in [6.07, 6.45) is 7.77. The van der Waals surface area contributed by atoms with E-state index in [1.807, 2.05) is 0 Å². The molecule has 1 amide bonds. The molecule has 146 valence electrons. The number of amides is 1. The Morgan fingerprint density at radius 3 is 2.15 bits per heavy atom. The molecule has 27 heavy (non-hydrogen) atoms. The molecular formula is C21H25Cl2NO3. The van der Waals surface area contributed by atoms with Gasteiger partial charge in [-0.1, -0.05) is 29.3 Å². The van der Waals surface area contributed by atoms with Gasteiger partial charge in [-0.25, -0.2) is 4.79 Å². The smallest absolute Gasteiger partial charge is 0.341 e. The van der Waals surface area contributed by atoms with Crippen molar-refractivity contribution >= 4 is 35.1 Å². The van der Waals surface area contributed by atoms with Crippen LogP contribution in [0.5, 0.6) is 0 Å². The highest BCUT2D eigenvalue weighted by molar-refractivity contribution is 6.39. The molecule has 0 aliphatic heterocycles. The molecule has 1 atom stereocenters. The lowest BCUT2D eigenvalue weighted by Crippen LogP contribution is -2.56. The van der Waals surface area contributed by atoms with Crippen molar-refractivity contribution in [1.29, 1.82) is 0 Å². The van der Waals surface area contributed by atoms with Gasteiger partial charge in [-0.05, 0) is 80.8 Å². The standard InChI is InChI=1S/C21H25Cl2NO3/c1-12(21-8-13-5-14(9-21)7-15(6-13)10-21)24-18(25)11-27-20(26)19-16(22)3-2-4-17(19)23/h2-4,12-15H,5-11H2,1H3,(H,24,25). The number of carbonyl (C=O) groups is 2. The minimum absolute atomic E-state index is 0.0982. The van der Waals surface area contributed by atoms with Crippen molar-refractivity contribution in [3.05, 3.63) is 33.8 Å². The minimum atomic E-state index is -0.678. The number of benzene rings is 1. The summed E-state index contributed by atoms with van der Waals surface area (Å²) < 4.78 is 5.15. The van der Waals surface area contributed by atoms with Gasteiger partial charge in [0, 0.05) is 6.04 Å². The van der Waals surface area contributed by atoms with Crippen LogP contribution in [0.4, 0.5) is 0 Å². The van der Waals surface area contributed by atoms with Crippen LogP contribution in [0.2, 0.25) is 10.0 Å². The summed E-state index contributed by atoms with van der Waals surface area (Å²) in [5.41, 5.74) is 0.322. The Kier molecular flexibility index (Phi) is 5.15. The Morgan fingerprint density at radius 1 is 1.11 bits per heavy atom. The lowest BCUT2D eigenvalue weighted by molar-refractivity contribution is -0.128. The number of halogens is 2. The molecule has 5 rings (SSSR count). The number of hydrogen-bond donors (Lipinski definition) is 1. The Balaban J connectivity index is 1.34. The monoisotopic (exact) mass is 409 g/mol. The molecule has 4 aliphatic rings. The highest BCUT2D eigenvalue weighted by Gasteiger charge is 2.53. The van der Waals surface area contributed by atoms with Gasteiger partial charge in [0.15, 0.2) is 6.61 Å². The van der Waals surface area contributed by atoms with Crippen molar-refractivity contribution in [3.63, 3.8) is 0 Å². The summed E-state index contributed by atoms with van der Waals surface area (Å²) in [6.45, 7) is 1.79. The van der Waals surface area contributed by atoms with E-state index in [0.717, 1.165) is 17.8 Å². The molecule has 1 aromatic rings. The number of carbonyl (C=O) groups excluding carboxylic acids is 2. The Labute approximate surface area is 169 Å². The first kappa shape index (κ1) is 19.1. The Morgan fingerprint density at radius 2 is 1.63 bits per heavy atom. The van der Waals surface area contributed by atoms with E-state index >= 15 is 0 Å². The van der Waals surface area contributed by atoms with Gasteiger partial charge in [0.25, 0.3) is 5.91 Å². The van der Waals surface area contributed by atoms with Crippen LogP contribution in [0.25, 0.3) is 0 Å². The predicted molar refractivity (Wildman–Crippen MR) is 105 cm³/mol. The number of esters is 1. The fourth-order valence-electron chi connectivity index (χ4n) is 6.04. The Bertz CT molecular complexity index is 708. The first-order chi connectivity index (χ1) is 12.9. The van der Waals surface area contributed by atoms with E-state index in [4.69, 9.17) is 27.9 Å². The summed E-state index contributed by atoms with van der Waals surface area (Å²) in [6, 6.07) is 4.89. The van der Waals surface area contributed by atoms with Crippen LogP contribution in [0.3, 0.4) is 0 Å². The second kappa shape index (κ2) is 7.29. The largest absolute Gasteiger partial charge is 0.452 e. The first-order valence-corrected chi connectivity index (χ1v) is 10.5. The third-order valence-corrected chi connectivity index (χ3v) is 7.51. The third kappa shape index (κ3) is 3.71. The van der Waals surface area contributed by atoms with Crippen molar-refractivity contribution in [1.82, 2.24) is 5.32 Å². The zero-order chi connectivity index (χ0) is 19.2. The molecule has 4 bridgehead atoms. The number of rotatable bonds is 5. The van der Waals surface area contributed by atoms with Crippen LogP contribution in [-0.2, 0) is 9.53 Å². The Hall–Kier alpha value is -1.26. The van der Waals surface area contributed by atoms with Crippen molar-refractivity contribution in [2.24, 2.45) is 23.2 Å². The zero-order valence-corrected chi connectivity index (χ0v) is 17.0. The highest BCUT2D eigenvalue weighted by Crippen LogP contribution is 2.61. The molecule has 0 spiro atoms. The maximum Gasteiger partial charge on any atom is 0.341 e. The average Bonchev–Trinajstić information content (AvgIpc) is 2.58. The summed E-state index contributed by atoms with van der Waals surface area (Å²) in [5, 5.41) is 3.53. The predicted octanol–water partition coefficient (Wildman–Crippen LogP) is 4.87. The second-order valence-electron chi connectivity index (χ2n) is 8.74. The van der Waals surface area contributed by atoms with E-state index in [9.17, 15) is 9.59 Å². The molecule has 1 aromatic carbocycles. The quantitative estimate of drug-likeness (QED) is 0.705. The molecule has 4 nitrogen and oxygen atoms in total. The van der Waals surface area contributed by atoms with Crippen LogP contribution in [-0.4, -0.2) is 24.5 Å². The summed E-state index contributed by atoms with van der Waals surface area (Å²) in [7, 11) is 0. The van der Waals surface area contributed by atoms with Gasteiger partial charge in [0.05, 0.1) is 15.6 Å². The number of ether oxygens (including phenoxy) is 1. The lowest BCUT2D eigenvalue weighted by atomic mass is 9.48. The summed E-state index contributed by atoms with van der Waals surface area (Å²) >= 11 is 12.0. The average molecular weight is 410 g/mol. The van der Waals surface area contributed by atoms with Gasteiger partial charge in [-0.15, -0.1) is 0 Å². The van der Waals surface area contributed by atoms with Gasteiger partial charge >= 0.3 is 5.97 Å². The molecule has 6 heteroatoms. The van der Waals surface area contributed by atoms with Crippen molar-refractivity contribution in [3.8, 4) is 0 Å². The minimum Gasteiger partial charge on any atom is -0.452 e. The molecule has 0 saturated heterocycles. The highest BCUT2D eigenvalue weighted by atomic mass is 35.5. The van der Waals surface area contributed by atoms with Crippen molar-refractivity contribution in [2.75, 3.05) is 6.61 Å². The molecule has 0 radical (unpaired) electrons. The molecule has 1 unspecified atom stereocenters. The third-order valence-electron chi connectivity index (χ3n) is 6.88. The maximum absolute atomic E-state index is 12.4. The normalized spacial score (nSPS) is 32.2. The number of hydrogen-bond acceptors (Lipinski definition) is 3. The van der Waals surface area contributed by atoms with Crippen LogP contribution in [0.15, 0.2) is 18.2 Å². The van der Waals surface area contributed by atoms with E-state index in [-0.39, 0.29) is 39.6 Å². The van der Waals surface area contributed by atoms with E-state index < -0.39 is 5.97 Å². The molecule has 4 aliphatic carbocycles. The fourth-order valence-corrected chi connectivity index (χ4v) is 6.59. The molecule has 4 saturated carbocycles. The van der Waals surface area contributed by atoms with Gasteiger partial charge in [0.1, 0.15) is 0 Å². The van der Waals surface area contributed by atoms with Gasteiger partial charge in [-0.3, -0.25) is 4.79 Å². The van der Waals surface area contributed by atoms with Crippen LogP contribution >= 0.6 is 23.2 Å². The fraction of sp³-hybridized carbons (Fsp3) is 0.619. The SMILES string of the molecule is CC(NC(=O)COC(=O)c1c(Cl)cccc1Cl)C12CC3CC(CC(C3)C1)C2. The second-order valence-corrected chi connectivity index (χ2v) is 9.56. The summed E-state index contributed by atoms with van der Waals surface area (Å²) in [4.78, 5) is 24.6. The molecular weight excluding hydrogens is 385 g/mol. The van der Waals surface area contributed by atoms with Crippen LogP contribution < -0.4 is 5.32 Å². The van der Waals surface area contributed by atoms with Crippen LogP contribution in [0, 0.1) is 23.2 Å². The van der Waals surface area contributed by atoms with Gasteiger partial charge < -0.3 is 10.1 Å². The van der Waals surface area contributed by atoms with E-state index in [0.29, 0.717) is 0 Å². The van der Waals surface area contributed by atoms with Crippen LogP contribution in [0.1, 0.15) is 55.8 Å². The van der Waals surface area contributed by atoms with Gasteiger partial charge in [0.2, 0.25) is 0 Å². The molecule has 1 N–H and O–H groups in total. The molecule has 0 aromatic heterocycles. The first-order valence-electron chi connectivity index (χ1n) is 9.77. The van der Waals surface area contributed by atoms with Gasteiger partial charge in [-0.2, -0.15) is 0 Å². The lowest BCUT2D eigenvalue weighted by Gasteiger charge is -2.59. The van der Waals surface area contributed by atoms with Crippen molar-refractivity contribution < 1.29 is 14.3 Å². The topological polar surface area (TPSA) is 55.4 Å².